The molecule has 34 heavy (non-hydrogen) atoms. The Bertz CT molecular complexity index is 769. The molecule has 3 heterocycles. The number of carbonyl (C=O) groups excluding carboxylic acids is 1. The van der Waals surface area contributed by atoms with Crippen LogP contribution in [0.2, 0.25) is 0 Å². The molecule has 2 atom stereocenters. The van der Waals surface area contributed by atoms with Gasteiger partial charge in [0.15, 0.2) is 0 Å². The minimum atomic E-state index is 0.0191. The van der Waals surface area contributed by atoms with Crippen molar-refractivity contribution in [2.75, 3.05) is 57.7 Å². The molecule has 1 aliphatic carbocycles. The third kappa shape index (κ3) is 6.25. The van der Waals surface area contributed by atoms with Gasteiger partial charge in [-0.15, -0.1) is 0 Å². The summed E-state index contributed by atoms with van der Waals surface area (Å²) in [5.41, 5.74) is 0.845. The van der Waals surface area contributed by atoms with Gasteiger partial charge in [0.25, 0.3) is 0 Å². The zero-order chi connectivity index (χ0) is 23.2. The second-order valence-corrected chi connectivity index (χ2v) is 11.1. The molecule has 0 spiro atoms. The molecule has 4 fully saturated rings. The lowest BCUT2D eigenvalue weighted by Crippen LogP contribution is -2.51. The first kappa shape index (κ1) is 23.9. The van der Waals surface area contributed by atoms with E-state index >= 15 is 0 Å². The number of anilines is 1. The van der Waals surface area contributed by atoms with Gasteiger partial charge in [0, 0.05) is 50.4 Å². The lowest BCUT2D eigenvalue weighted by atomic mass is 9.84. The molecule has 188 valence electrons. The number of hydrogen-bond donors (Lipinski definition) is 1. The van der Waals surface area contributed by atoms with E-state index in [1.165, 1.54) is 83.8 Å². The summed E-state index contributed by atoms with van der Waals surface area (Å²) in [6.45, 7) is 8.19. The largest absolute Gasteiger partial charge is 0.493 e. The molecule has 5 rings (SSSR count). The molecule has 0 bridgehead atoms. The molecular weight excluding hydrogens is 424 g/mol. The minimum absolute atomic E-state index is 0.0191. The fourth-order valence-corrected chi connectivity index (χ4v) is 6.68. The Morgan fingerprint density at radius 2 is 1.56 bits per heavy atom. The summed E-state index contributed by atoms with van der Waals surface area (Å²) in [6, 6.07) is 8.67. The number of ether oxygens (including phenoxy) is 1. The van der Waals surface area contributed by atoms with E-state index in [9.17, 15) is 4.79 Å². The van der Waals surface area contributed by atoms with E-state index < -0.39 is 0 Å². The number of nitrogens with zero attached hydrogens (tertiary/aromatic N) is 3. The maximum Gasteiger partial charge on any atom is 0.321 e. The van der Waals surface area contributed by atoms with Crippen molar-refractivity contribution in [2.45, 2.75) is 70.3 Å². The fourth-order valence-electron chi connectivity index (χ4n) is 6.68. The third-order valence-electron chi connectivity index (χ3n) is 8.70. The highest BCUT2D eigenvalue weighted by molar-refractivity contribution is 5.89. The van der Waals surface area contributed by atoms with Crippen LogP contribution in [0.3, 0.4) is 0 Å². The second kappa shape index (κ2) is 11.8. The summed E-state index contributed by atoms with van der Waals surface area (Å²) in [5, 5.41) is 3.08. The van der Waals surface area contributed by atoms with Gasteiger partial charge in [-0.2, -0.15) is 0 Å². The summed E-state index contributed by atoms with van der Waals surface area (Å²) in [5.74, 6) is 2.42. The van der Waals surface area contributed by atoms with Crippen molar-refractivity contribution in [2.24, 2.45) is 11.8 Å². The van der Waals surface area contributed by atoms with Crippen LogP contribution in [0.15, 0.2) is 24.3 Å². The first-order chi connectivity index (χ1) is 16.7. The Balaban J connectivity index is 1.04. The van der Waals surface area contributed by atoms with Crippen molar-refractivity contribution in [3.05, 3.63) is 24.3 Å². The number of nitrogens with one attached hydrogen (secondary N) is 1. The van der Waals surface area contributed by atoms with Crippen LogP contribution < -0.4 is 10.1 Å². The fraction of sp³-hybridized carbons (Fsp3) is 0.750. The van der Waals surface area contributed by atoms with E-state index in [0.717, 1.165) is 50.1 Å². The molecule has 1 N–H and O–H groups in total. The monoisotopic (exact) mass is 468 g/mol. The first-order valence-corrected chi connectivity index (χ1v) is 14.0. The SMILES string of the molecule is O=C(Nc1ccc(OC[C@@H]2CCCN3CCCCC23)cc1)N1CCN(CC2CCCCC2)CC1. The van der Waals surface area contributed by atoms with Gasteiger partial charge < -0.3 is 15.0 Å². The van der Waals surface area contributed by atoms with Crippen molar-refractivity contribution in [1.29, 1.82) is 0 Å². The number of carbonyl (C=O) groups is 1. The number of amides is 2. The van der Waals surface area contributed by atoms with Gasteiger partial charge in [0.05, 0.1) is 6.61 Å². The van der Waals surface area contributed by atoms with E-state index in [1.807, 2.05) is 29.2 Å². The van der Waals surface area contributed by atoms with Crippen molar-refractivity contribution < 1.29 is 9.53 Å². The van der Waals surface area contributed by atoms with Crippen molar-refractivity contribution >= 4 is 11.7 Å². The van der Waals surface area contributed by atoms with Gasteiger partial charge in [0.1, 0.15) is 5.75 Å². The van der Waals surface area contributed by atoms with Gasteiger partial charge in [-0.3, -0.25) is 9.80 Å². The maximum absolute atomic E-state index is 12.8. The van der Waals surface area contributed by atoms with Gasteiger partial charge in [-0.05, 0) is 81.8 Å². The predicted molar refractivity (Wildman–Crippen MR) is 137 cm³/mol. The molecular formula is C28H44N4O2. The number of rotatable bonds is 6. The molecule has 6 nitrogen and oxygen atoms in total. The Morgan fingerprint density at radius 3 is 2.35 bits per heavy atom. The maximum atomic E-state index is 12.8. The molecule has 2 amide bonds. The molecule has 1 unspecified atom stereocenters. The third-order valence-corrected chi connectivity index (χ3v) is 8.70. The highest BCUT2D eigenvalue weighted by Crippen LogP contribution is 2.31. The van der Waals surface area contributed by atoms with Crippen LogP contribution in [-0.4, -0.2) is 79.2 Å². The molecule has 1 aromatic rings. The molecule has 3 aliphatic heterocycles. The van der Waals surface area contributed by atoms with Crippen LogP contribution in [0.4, 0.5) is 10.5 Å². The van der Waals surface area contributed by atoms with Gasteiger partial charge in [-0.1, -0.05) is 25.7 Å². The first-order valence-electron chi connectivity index (χ1n) is 14.0. The van der Waals surface area contributed by atoms with E-state index in [-0.39, 0.29) is 6.03 Å². The highest BCUT2D eigenvalue weighted by Gasteiger charge is 2.33. The van der Waals surface area contributed by atoms with Crippen LogP contribution >= 0.6 is 0 Å². The zero-order valence-electron chi connectivity index (χ0n) is 20.9. The normalized spacial score (nSPS) is 27.2. The average molecular weight is 469 g/mol. The Kier molecular flexibility index (Phi) is 8.28. The summed E-state index contributed by atoms with van der Waals surface area (Å²) in [4.78, 5) is 20.0. The van der Waals surface area contributed by atoms with Crippen molar-refractivity contribution in [1.82, 2.24) is 14.7 Å². The summed E-state index contributed by atoms with van der Waals surface area (Å²) >= 11 is 0. The Hall–Kier alpha value is -1.79. The van der Waals surface area contributed by atoms with Crippen LogP contribution in [0.5, 0.6) is 5.75 Å². The summed E-state index contributed by atoms with van der Waals surface area (Å²) < 4.78 is 6.19. The quantitative estimate of drug-likeness (QED) is 0.634. The lowest BCUT2D eigenvalue weighted by molar-refractivity contribution is 0.0366. The molecule has 1 saturated carbocycles. The highest BCUT2D eigenvalue weighted by atomic mass is 16.5. The molecule has 1 aromatic carbocycles. The second-order valence-electron chi connectivity index (χ2n) is 11.1. The predicted octanol–water partition coefficient (Wildman–Crippen LogP) is 5.06. The molecule has 6 heteroatoms. The molecule has 4 aliphatic rings. The standard InChI is InChI=1S/C28H44N4O2/c33-28(32-19-17-30(18-20-32)21-23-7-2-1-3-8-23)29-25-11-13-26(14-12-25)34-22-24-9-6-16-31-15-5-4-10-27(24)31/h11-14,23-24,27H,1-10,15-22H2,(H,29,33)/t24-,27?/m0/s1. The number of urea groups is 1. The Labute approximate surface area is 206 Å². The van der Waals surface area contributed by atoms with E-state index in [1.54, 1.807) is 0 Å². The van der Waals surface area contributed by atoms with E-state index in [0.29, 0.717) is 12.0 Å². The number of piperidine rings is 2. The summed E-state index contributed by atoms with van der Waals surface area (Å²) in [6.07, 6.45) is 13.6. The van der Waals surface area contributed by atoms with Crippen LogP contribution in [0, 0.1) is 11.8 Å². The average Bonchev–Trinajstić information content (AvgIpc) is 2.89. The molecule has 0 radical (unpaired) electrons. The van der Waals surface area contributed by atoms with Crippen LogP contribution in [-0.2, 0) is 0 Å². The van der Waals surface area contributed by atoms with Gasteiger partial charge in [0.2, 0.25) is 0 Å². The van der Waals surface area contributed by atoms with Crippen LogP contribution in [0.1, 0.15) is 64.2 Å². The van der Waals surface area contributed by atoms with E-state index in [2.05, 4.69) is 15.1 Å². The summed E-state index contributed by atoms with van der Waals surface area (Å²) in [7, 11) is 0. The number of piperazine rings is 1. The number of benzene rings is 1. The smallest absolute Gasteiger partial charge is 0.321 e. The van der Waals surface area contributed by atoms with E-state index in [4.69, 9.17) is 4.74 Å². The molecule has 3 saturated heterocycles. The molecule has 0 aromatic heterocycles. The Morgan fingerprint density at radius 1 is 0.824 bits per heavy atom. The van der Waals surface area contributed by atoms with Gasteiger partial charge in [-0.25, -0.2) is 4.79 Å². The number of fused-ring (bicyclic) bond motifs is 1. The van der Waals surface area contributed by atoms with Crippen molar-refractivity contribution in [3.8, 4) is 5.75 Å². The minimum Gasteiger partial charge on any atom is -0.493 e. The van der Waals surface area contributed by atoms with Crippen molar-refractivity contribution in [3.63, 3.8) is 0 Å². The van der Waals surface area contributed by atoms with Gasteiger partial charge >= 0.3 is 6.03 Å². The van der Waals surface area contributed by atoms with Crippen LogP contribution in [0.25, 0.3) is 0 Å². The zero-order valence-corrected chi connectivity index (χ0v) is 20.9. The topological polar surface area (TPSA) is 48.1 Å². The number of hydrogen-bond acceptors (Lipinski definition) is 4. The lowest BCUT2D eigenvalue weighted by Gasteiger charge is -2.44.